The second kappa shape index (κ2) is 3.65. The summed E-state index contributed by atoms with van der Waals surface area (Å²) in [7, 11) is 0. The van der Waals surface area contributed by atoms with Gasteiger partial charge in [-0.05, 0) is 36.0 Å². The van der Waals surface area contributed by atoms with E-state index in [2.05, 4.69) is 15.9 Å². The second-order valence-corrected chi connectivity index (χ2v) is 3.42. The van der Waals surface area contributed by atoms with E-state index in [0.29, 0.717) is 0 Å². The molecule has 1 rings (SSSR count). The Morgan fingerprint density at radius 1 is 1.30 bits per heavy atom. The molecule has 0 aliphatic rings. The van der Waals surface area contributed by atoms with Crippen LogP contribution in [0.5, 0.6) is 0 Å². The number of benzene rings is 1. The molecule has 0 saturated heterocycles. The van der Waals surface area contributed by atoms with Gasteiger partial charge < -0.3 is 0 Å². The zero-order valence-electron chi connectivity index (χ0n) is 5.04. The van der Waals surface area contributed by atoms with Crippen molar-refractivity contribution in [3.63, 3.8) is 0 Å². The van der Waals surface area contributed by atoms with E-state index in [9.17, 15) is 0 Å². The van der Waals surface area contributed by atoms with Crippen molar-refractivity contribution in [1.29, 1.82) is 5.26 Å². The first-order valence-corrected chi connectivity index (χ1v) is 4.25. The van der Waals surface area contributed by atoms with Crippen LogP contribution in [-0.4, -0.2) is 0 Å². The van der Waals surface area contributed by atoms with E-state index in [-0.39, 0.29) is 0 Å². The molecule has 0 bridgehead atoms. The van der Waals surface area contributed by atoms with Crippen molar-refractivity contribution in [2.24, 2.45) is 0 Å². The van der Waals surface area contributed by atoms with Crippen LogP contribution in [0, 0.1) is 10.7 Å². The minimum Gasteiger partial charge on any atom is -0.185 e. The van der Waals surface area contributed by atoms with E-state index in [1.165, 1.54) is 11.8 Å². The van der Waals surface area contributed by atoms with Gasteiger partial charge in [-0.2, -0.15) is 5.26 Å². The van der Waals surface area contributed by atoms with Gasteiger partial charge in [-0.3, -0.25) is 0 Å². The molecule has 0 spiro atoms. The van der Waals surface area contributed by atoms with Gasteiger partial charge in [0.25, 0.3) is 0 Å². The summed E-state index contributed by atoms with van der Waals surface area (Å²) in [4.78, 5) is 0.978. The molecule has 0 aliphatic carbocycles. The average Bonchev–Trinajstić information content (AvgIpc) is 1.95. The maximum Gasteiger partial charge on any atom is 0.138 e. The van der Waals surface area contributed by atoms with Crippen molar-refractivity contribution in [3.8, 4) is 5.40 Å². The third kappa shape index (κ3) is 2.05. The summed E-state index contributed by atoms with van der Waals surface area (Å²) in [6.07, 6.45) is 0. The third-order valence-electron chi connectivity index (χ3n) is 0.977. The lowest BCUT2D eigenvalue weighted by Crippen LogP contribution is -1.66. The van der Waals surface area contributed by atoms with Crippen molar-refractivity contribution in [2.75, 3.05) is 0 Å². The van der Waals surface area contributed by atoms with Gasteiger partial charge in [-0.1, -0.05) is 15.9 Å². The Labute approximate surface area is 72.2 Å². The van der Waals surface area contributed by atoms with Crippen molar-refractivity contribution in [3.05, 3.63) is 28.7 Å². The van der Waals surface area contributed by atoms with Gasteiger partial charge in [0.1, 0.15) is 5.40 Å². The van der Waals surface area contributed by atoms with Gasteiger partial charge in [0, 0.05) is 9.37 Å². The second-order valence-electron chi connectivity index (χ2n) is 1.65. The van der Waals surface area contributed by atoms with Crippen LogP contribution in [-0.2, 0) is 0 Å². The van der Waals surface area contributed by atoms with E-state index < -0.39 is 0 Å². The Hall–Kier alpha value is -0.460. The zero-order chi connectivity index (χ0) is 7.40. The summed E-state index contributed by atoms with van der Waals surface area (Å²) in [6, 6.07) is 7.63. The molecule has 1 aromatic carbocycles. The van der Waals surface area contributed by atoms with Crippen LogP contribution in [0.1, 0.15) is 0 Å². The lowest BCUT2D eigenvalue weighted by atomic mass is 10.4. The van der Waals surface area contributed by atoms with E-state index in [0.717, 1.165) is 9.37 Å². The highest BCUT2D eigenvalue weighted by molar-refractivity contribution is 9.10. The van der Waals surface area contributed by atoms with Crippen LogP contribution in [0.25, 0.3) is 0 Å². The lowest BCUT2D eigenvalue weighted by molar-refractivity contribution is 1.45. The standard InChI is InChI=1S/C7H4BrNS/c8-6-1-3-7(4-2-6)10-5-9/h1-4H. The van der Waals surface area contributed by atoms with Gasteiger partial charge >= 0.3 is 0 Å². The number of nitrogens with zero attached hydrogens (tertiary/aromatic N) is 1. The quantitative estimate of drug-likeness (QED) is 0.530. The molecular formula is C7H4BrNS. The molecule has 0 amide bonds. The largest absolute Gasteiger partial charge is 0.185 e. The van der Waals surface area contributed by atoms with Gasteiger partial charge in [-0.25, -0.2) is 0 Å². The summed E-state index contributed by atoms with van der Waals surface area (Å²) in [5, 5.41) is 10.3. The predicted molar refractivity (Wildman–Crippen MR) is 45.6 cm³/mol. The van der Waals surface area contributed by atoms with Gasteiger partial charge in [-0.15, -0.1) is 0 Å². The number of hydrogen-bond donors (Lipinski definition) is 0. The highest BCUT2D eigenvalue weighted by atomic mass is 79.9. The molecule has 0 unspecified atom stereocenters. The predicted octanol–water partition coefficient (Wildman–Crippen LogP) is 3.02. The maximum atomic E-state index is 8.29. The molecule has 10 heavy (non-hydrogen) atoms. The van der Waals surface area contributed by atoms with Crippen LogP contribution in [0.2, 0.25) is 0 Å². The minimum atomic E-state index is 0.978. The molecule has 1 nitrogen and oxygen atoms in total. The number of thioether (sulfide) groups is 1. The first-order chi connectivity index (χ1) is 4.83. The summed E-state index contributed by atoms with van der Waals surface area (Å²) >= 11 is 4.47. The fourth-order valence-electron chi connectivity index (χ4n) is 0.555. The molecule has 0 saturated carbocycles. The highest BCUT2D eigenvalue weighted by Gasteiger charge is 1.89. The van der Waals surface area contributed by atoms with E-state index in [1.54, 1.807) is 0 Å². The number of nitriles is 1. The van der Waals surface area contributed by atoms with Gasteiger partial charge in [0.05, 0.1) is 0 Å². The number of hydrogen-bond acceptors (Lipinski definition) is 2. The normalized spacial score (nSPS) is 8.80. The fraction of sp³-hybridized carbons (Fsp3) is 0. The molecule has 0 aliphatic heterocycles. The van der Waals surface area contributed by atoms with Gasteiger partial charge in [0.15, 0.2) is 0 Å². The Balaban J connectivity index is 2.81. The molecule has 0 fully saturated rings. The smallest absolute Gasteiger partial charge is 0.138 e. The summed E-state index contributed by atoms with van der Waals surface area (Å²) in [5.74, 6) is 0. The SMILES string of the molecule is N#CSc1ccc(Br)cc1. The summed E-state index contributed by atoms with van der Waals surface area (Å²) in [5.41, 5.74) is 0. The maximum absolute atomic E-state index is 8.29. The Morgan fingerprint density at radius 2 is 1.90 bits per heavy atom. The molecule has 1 aromatic rings. The van der Waals surface area contributed by atoms with Crippen LogP contribution in [0.15, 0.2) is 33.6 Å². The Bertz CT molecular complexity index is 249. The first-order valence-electron chi connectivity index (χ1n) is 2.64. The molecule has 50 valence electrons. The van der Waals surface area contributed by atoms with Crippen LogP contribution < -0.4 is 0 Å². The monoisotopic (exact) mass is 213 g/mol. The zero-order valence-corrected chi connectivity index (χ0v) is 7.45. The molecule has 0 N–H and O–H groups in total. The minimum absolute atomic E-state index is 0.978. The molecule has 0 atom stereocenters. The molecular weight excluding hydrogens is 210 g/mol. The van der Waals surface area contributed by atoms with Crippen LogP contribution in [0.3, 0.4) is 0 Å². The molecule has 0 heterocycles. The van der Waals surface area contributed by atoms with Crippen molar-refractivity contribution in [1.82, 2.24) is 0 Å². The van der Waals surface area contributed by atoms with Crippen LogP contribution in [0.4, 0.5) is 0 Å². The van der Waals surface area contributed by atoms with Crippen molar-refractivity contribution >= 4 is 27.7 Å². The molecule has 0 radical (unpaired) electrons. The van der Waals surface area contributed by atoms with E-state index in [1.807, 2.05) is 29.7 Å². The average molecular weight is 214 g/mol. The molecule has 0 aromatic heterocycles. The van der Waals surface area contributed by atoms with Crippen molar-refractivity contribution in [2.45, 2.75) is 4.90 Å². The van der Waals surface area contributed by atoms with E-state index in [4.69, 9.17) is 5.26 Å². The number of rotatable bonds is 1. The van der Waals surface area contributed by atoms with Gasteiger partial charge in [0.2, 0.25) is 0 Å². The lowest BCUT2D eigenvalue weighted by Gasteiger charge is -1.91. The number of thiocyanates is 1. The first kappa shape index (κ1) is 7.64. The Morgan fingerprint density at radius 3 is 2.40 bits per heavy atom. The highest BCUT2D eigenvalue weighted by Crippen LogP contribution is 2.18. The topological polar surface area (TPSA) is 23.8 Å². The fourth-order valence-corrected chi connectivity index (χ4v) is 1.20. The summed E-state index contributed by atoms with van der Waals surface area (Å²) < 4.78 is 1.04. The van der Waals surface area contributed by atoms with Crippen LogP contribution >= 0.6 is 27.7 Å². The number of halogens is 1. The third-order valence-corrected chi connectivity index (χ3v) is 2.10. The molecule has 3 heteroatoms. The van der Waals surface area contributed by atoms with E-state index >= 15 is 0 Å². The summed E-state index contributed by atoms with van der Waals surface area (Å²) in [6.45, 7) is 0. The Kier molecular flexibility index (Phi) is 2.79. The van der Waals surface area contributed by atoms with Crippen molar-refractivity contribution < 1.29 is 0 Å².